The van der Waals surface area contributed by atoms with E-state index in [-0.39, 0.29) is 12.8 Å². The molecule has 1 rings (SSSR count). The summed E-state index contributed by atoms with van der Waals surface area (Å²) in [6, 6.07) is 4.88. The van der Waals surface area contributed by atoms with Gasteiger partial charge in [0, 0.05) is 36.3 Å². The summed E-state index contributed by atoms with van der Waals surface area (Å²) in [5.41, 5.74) is 0.481. The van der Waals surface area contributed by atoms with Crippen molar-refractivity contribution in [2.45, 2.75) is 12.8 Å². The quantitative estimate of drug-likeness (QED) is 0.779. The largest absolute Gasteiger partial charge is 0.550 e. The number of anilines is 1. The van der Waals surface area contributed by atoms with E-state index in [2.05, 4.69) is 5.32 Å². The molecule has 18 heavy (non-hydrogen) atoms. The van der Waals surface area contributed by atoms with E-state index in [1.165, 1.54) is 14.2 Å². The molecule has 0 atom stereocenters. The fraction of sp³-hybridized carbons (Fsp3) is 0.333. The number of methoxy groups -OCH3 is 2. The maximum Gasteiger partial charge on any atom is 0.224 e. The number of amides is 1. The van der Waals surface area contributed by atoms with E-state index >= 15 is 0 Å². The van der Waals surface area contributed by atoms with E-state index in [0.29, 0.717) is 17.2 Å². The van der Waals surface area contributed by atoms with Crippen LogP contribution >= 0.6 is 0 Å². The van der Waals surface area contributed by atoms with Crippen molar-refractivity contribution < 1.29 is 24.2 Å². The molecule has 1 amide bonds. The minimum absolute atomic E-state index is 0.137. The number of ether oxygens (including phenoxy) is 2. The molecule has 0 fully saturated rings. The van der Waals surface area contributed by atoms with Gasteiger partial charge < -0.3 is 24.7 Å². The molecule has 0 aliphatic heterocycles. The average Bonchev–Trinajstić information content (AvgIpc) is 2.35. The smallest absolute Gasteiger partial charge is 0.224 e. The molecule has 0 heterocycles. The molecular weight excluding hydrogens is 238 g/mol. The van der Waals surface area contributed by atoms with E-state index in [9.17, 15) is 14.7 Å². The highest BCUT2D eigenvalue weighted by atomic mass is 16.5. The van der Waals surface area contributed by atoms with Crippen LogP contribution in [0.2, 0.25) is 0 Å². The standard InChI is InChI=1S/C12H15NO5/c1-17-9-5-8(6-10(7-9)18-2)13-11(14)3-4-12(15)16/h5-7H,3-4H2,1-2H3,(H,13,14)(H,15,16)/p-1. The first-order valence-corrected chi connectivity index (χ1v) is 5.28. The van der Waals surface area contributed by atoms with Gasteiger partial charge in [-0.25, -0.2) is 0 Å². The summed E-state index contributed by atoms with van der Waals surface area (Å²) in [5.74, 6) is -0.600. The molecule has 0 aromatic heterocycles. The van der Waals surface area contributed by atoms with Crippen LogP contribution in [0.25, 0.3) is 0 Å². The number of carboxylic acids is 1. The van der Waals surface area contributed by atoms with Gasteiger partial charge in [0.25, 0.3) is 0 Å². The number of nitrogens with one attached hydrogen (secondary N) is 1. The van der Waals surface area contributed by atoms with Gasteiger partial charge in [0.1, 0.15) is 11.5 Å². The third-order valence-corrected chi connectivity index (χ3v) is 2.19. The Kier molecular flexibility index (Phi) is 4.98. The van der Waals surface area contributed by atoms with Crippen LogP contribution in [0.15, 0.2) is 18.2 Å². The molecule has 0 bridgehead atoms. The van der Waals surface area contributed by atoms with Crippen LogP contribution in [0.3, 0.4) is 0 Å². The number of hydrogen-bond donors (Lipinski definition) is 1. The lowest BCUT2D eigenvalue weighted by atomic mass is 10.2. The van der Waals surface area contributed by atoms with E-state index in [0.717, 1.165) is 0 Å². The van der Waals surface area contributed by atoms with Crippen molar-refractivity contribution in [3.63, 3.8) is 0 Å². The lowest BCUT2D eigenvalue weighted by Gasteiger charge is -2.10. The molecule has 6 nitrogen and oxygen atoms in total. The number of hydrogen-bond acceptors (Lipinski definition) is 5. The van der Waals surface area contributed by atoms with Gasteiger partial charge in [0.2, 0.25) is 5.91 Å². The fourth-order valence-corrected chi connectivity index (χ4v) is 1.32. The Labute approximate surface area is 105 Å². The number of carbonyl (C=O) groups is 2. The fourth-order valence-electron chi connectivity index (χ4n) is 1.32. The minimum Gasteiger partial charge on any atom is -0.550 e. The van der Waals surface area contributed by atoms with Crippen molar-refractivity contribution in [1.29, 1.82) is 0 Å². The summed E-state index contributed by atoms with van der Waals surface area (Å²) < 4.78 is 10.1. The van der Waals surface area contributed by atoms with Gasteiger partial charge in [-0.1, -0.05) is 0 Å². The predicted molar refractivity (Wildman–Crippen MR) is 62.4 cm³/mol. The van der Waals surface area contributed by atoms with Crippen LogP contribution in [0.1, 0.15) is 12.8 Å². The zero-order valence-electron chi connectivity index (χ0n) is 10.2. The van der Waals surface area contributed by atoms with Crippen LogP contribution < -0.4 is 19.9 Å². The van der Waals surface area contributed by atoms with Crippen molar-refractivity contribution in [1.82, 2.24) is 0 Å². The van der Waals surface area contributed by atoms with E-state index in [4.69, 9.17) is 9.47 Å². The van der Waals surface area contributed by atoms with Crippen molar-refractivity contribution >= 4 is 17.6 Å². The predicted octanol–water partition coefficient (Wildman–Crippen LogP) is 0.172. The highest BCUT2D eigenvalue weighted by molar-refractivity contribution is 5.92. The summed E-state index contributed by atoms with van der Waals surface area (Å²) in [7, 11) is 2.99. The van der Waals surface area contributed by atoms with Crippen molar-refractivity contribution in [3.8, 4) is 11.5 Å². The van der Waals surface area contributed by atoms with Crippen LogP contribution in [0.4, 0.5) is 5.69 Å². The molecule has 98 valence electrons. The van der Waals surface area contributed by atoms with Crippen LogP contribution in [-0.4, -0.2) is 26.1 Å². The third kappa shape index (κ3) is 4.32. The van der Waals surface area contributed by atoms with E-state index in [1.807, 2.05) is 0 Å². The monoisotopic (exact) mass is 252 g/mol. The lowest BCUT2D eigenvalue weighted by Crippen LogP contribution is -2.24. The summed E-state index contributed by atoms with van der Waals surface area (Å²) in [5, 5.41) is 12.8. The molecule has 0 saturated carbocycles. The molecule has 1 aromatic rings. The Morgan fingerprint density at radius 2 is 1.67 bits per heavy atom. The highest BCUT2D eigenvalue weighted by Gasteiger charge is 2.06. The Hall–Kier alpha value is -2.24. The van der Waals surface area contributed by atoms with Crippen molar-refractivity contribution in [2.75, 3.05) is 19.5 Å². The average molecular weight is 252 g/mol. The first-order chi connectivity index (χ1) is 8.55. The van der Waals surface area contributed by atoms with Gasteiger partial charge in [-0.15, -0.1) is 0 Å². The number of carboxylic acid groups (broad SMARTS) is 1. The number of aliphatic carboxylic acids is 1. The molecule has 1 N–H and O–H groups in total. The summed E-state index contributed by atoms with van der Waals surface area (Å²) >= 11 is 0. The molecule has 0 unspecified atom stereocenters. The number of rotatable bonds is 6. The molecule has 1 aromatic carbocycles. The zero-order chi connectivity index (χ0) is 13.5. The molecule has 0 aliphatic carbocycles. The molecule has 0 saturated heterocycles. The lowest BCUT2D eigenvalue weighted by molar-refractivity contribution is -0.305. The van der Waals surface area contributed by atoms with E-state index in [1.54, 1.807) is 18.2 Å². The second-order valence-electron chi connectivity index (χ2n) is 3.52. The maximum absolute atomic E-state index is 11.4. The van der Waals surface area contributed by atoms with Gasteiger partial charge in [-0.3, -0.25) is 4.79 Å². The maximum atomic E-state index is 11.4. The third-order valence-electron chi connectivity index (χ3n) is 2.19. The topological polar surface area (TPSA) is 87.7 Å². The van der Waals surface area contributed by atoms with Crippen LogP contribution in [0.5, 0.6) is 11.5 Å². The van der Waals surface area contributed by atoms with E-state index < -0.39 is 11.9 Å². The summed E-state index contributed by atoms with van der Waals surface area (Å²) in [6.45, 7) is 0. The Morgan fingerprint density at radius 3 is 2.11 bits per heavy atom. The highest BCUT2D eigenvalue weighted by Crippen LogP contribution is 2.25. The van der Waals surface area contributed by atoms with Crippen molar-refractivity contribution in [3.05, 3.63) is 18.2 Å². The SMILES string of the molecule is COc1cc(NC(=O)CCC(=O)[O-])cc(OC)c1. The molecule has 0 radical (unpaired) electrons. The molecule has 6 heteroatoms. The van der Waals surface area contributed by atoms with Crippen molar-refractivity contribution in [2.24, 2.45) is 0 Å². The molecule has 0 aliphatic rings. The molecule has 0 spiro atoms. The molecular formula is C12H14NO5-. The summed E-state index contributed by atoms with van der Waals surface area (Å²) in [4.78, 5) is 21.7. The van der Waals surface area contributed by atoms with Gasteiger partial charge in [-0.2, -0.15) is 0 Å². The van der Waals surface area contributed by atoms with Crippen LogP contribution in [0, 0.1) is 0 Å². The van der Waals surface area contributed by atoms with Gasteiger partial charge >= 0.3 is 0 Å². The van der Waals surface area contributed by atoms with Gasteiger partial charge in [0.15, 0.2) is 0 Å². The van der Waals surface area contributed by atoms with Crippen LogP contribution in [-0.2, 0) is 9.59 Å². The minimum atomic E-state index is -1.26. The Balaban J connectivity index is 2.71. The number of carbonyl (C=O) groups excluding carboxylic acids is 2. The normalized spacial score (nSPS) is 9.67. The second-order valence-corrected chi connectivity index (χ2v) is 3.52. The Bertz CT molecular complexity index is 422. The summed E-state index contributed by atoms with van der Waals surface area (Å²) in [6.07, 6.45) is -0.450. The van der Waals surface area contributed by atoms with Gasteiger partial charge in [0.05, 0.1) is 14.2 Å². The zero-order valence-corrected chi connectivity index (χ0v) is 10.2. The van der Waals surface area contributed by atoms with Gasteiger partial charge in [-0.05, 0) is 6.42 Å². The number of benzene rings is 1. The Morgan fingerprint density at radius 1 is 1.11 bits per heavy atom. The first kappa shape index (κ1) is 13.8. The second kappa shape index (κ2) is 6.48. The first-order valence-electron chi connectivity index (χ1n) is 5.28.